The second kappa shape index (κ2) is 5.50. The second-order valence-corrected chi connectivity index (χ2v) is 5.21. The number of rotatable bonds is 4. The molecule has 17 heavy (non-hydrogen) atoms. The molecule has 0 spiro atoms. The second-order valence-electron chi connectivity index (χ2n) is 5.21. The van der Waals surface area contributed by atoms with Gasteiger partial charge < -0.3 is 10.4 Å². The number of aliphatic hydroxyl groups excluding tert-OH is 1. The maximum Gasteiger partial charge on any atom is 0.0603 e. The normalized spacial score (nSPS) is 18.9. The van der Waals surface area contributed by atoms with Crippen molar-refractivity contribution in [3.63, 3.8) is 0 Å². The Labute approximate surface area is 103 Å². The highest BCUT2D eigenvalue weighted by molar-refractivity contribution is 5.46. The molecule has 0 amide bonds. The third-order valence-electron chi connectivity index (χ3n) is 3.91. The van der Waals surface area contributed by atoms with E-state index in [1.54, 1.807) is 0 Å². The number of aliphatic hydroxyl groups is 1. The Morgan fingerprint density at radius 3 is 2.76 bits per heavy atom. The first-order chi connectivity index (χ1) is 8.26. The average Bonchev–Trinajstić information content (AvgIpc) is 2.39. The van der Waals surface area contributed by atoms with Gasteiger partial charge in [0.25, 0.3) is 0 Å². The highest BCUT2D eigenvalue weighted by Gasteiger charge is 2.31. The van der Waals surface area contributed by atoms with Gasteiger partial charge in [0.15, 0.2) is 0 Å². The number of nitrogens with zero attached hydrogens (tertiary/aromatic N) is 1. The van der Waals surface area contributed by atoms with E-state index in [0.29, 0.717) is 6.61 Å². The Morgan fingerprint density at radius 1 is 1.35 bits per heavy atom. The van der Waals surface area contributed by atoms with Crippen LogP contribution in [0.1, 0.15) is 37.8 Å². The molecule has 3 nitrogen and oxygen atoms in total. The van der Waals surface area contributed by atoms with E-state index in [1.807, 2.05) is 19.2 Å². The van der Waals surface area contributed by atoms with Gasteiger partial charge in [-0.15, -0.1) is 0 Å². The topological polar surface area (TPSA) is 45.2 Å². The van der Waals surface area contributed by atoms with E-state index in [9.17, 15) is 5.11 Å². The molecule has 0 radical (unpaired) electrons. The Kier molecular flexibility index (Phi) is 4.00. The maximum atomic E-state index is 9.63. The minimum absolute atomic E-state index is 0.0839. The zero-order valence-corrected chi connectivity index (χ0v) is 10.6. The molecule has 0 saturated heterocycles. The van der Waals surface area contributed by atoms with E-state index in [0.717, 1.165) is 30.8 Å². The molecule has 1 fully saturated rings. The third-order valence-corrected chi connectivity index (χ3v) is 3.91. The third kappa shape index (κ3) is 2.97. The summed E-state index contributed by atoms with van der Waals surface area (Å²) in [5.41, 5.74) is 2.20. The molecule has 0 bridgehead atoms. The van der Waals surface area contributed by atoms with Crippen molar-refractivity contribution < 1.29 is 5.11 Å². The first-order valence-corrected chi connectivity index (χ1v) is 6.52. The minimum atomic E-state index is 0.0839. The molecule has 0 unspecified atom stereocenters. The predicted molar refractivity (Wildman–Crippen MR) is 70.1 cm³/mol. The summed E-state index contributed by atoms with van der Waals surface area (Å²) < 4.78 is 0. The van der Waals surface area contributed by atoms with E-state index < -0.39 is 0 Å². The molecule has 3 heteroatoms. The van der Waals surface area contributed by atoms with Gasteiger partial charge in [-0.05, 0) is 31.9 Å². The standard InChI is InChI=1S/C14H22N2O/c1-12-13(6-5-9-15-12)16-10-14(11-17)7-3-2-4-8-14/h5-6,9,16-17H,2-4,7-8,10-11H2,1H3. The van der Waals surface area contributed by atoms with E-state index in [1.165, 1.54) is 19.3 Å². The number of nitrogens with one attached hydrogen (secondary N) is 1. The lowest BCUT2D eigenvalue weighted by Crippen LogP contribution is -2.35. The van der Waals surface area contributed by atoms with Crippen molar-refractivity contribution in [2.75, 3.05) is 18.5 Å². The van der Waals surface area contributed by atoms with Gasteiger partial charge >= 0.3 is 0 Å². The Bertz CT molecular complexity index is 359. The zero-order chi connectivity index (χ0) is 12.1. The van der Waals surface area contributed by atoms with Gasteiger partial charge in [0, 0.05) is 18.2 Å². The average molecular weight is 234 g/mol. The highest BCUT2D eigenvalue weighted by Crippen LogP contribution is 2.36. The van der Waals surface area contributed by atoms with Gasteiger partial charge in [0.2, 0.25) is 0 Å². The number of hydrogen-bond donors (Lipinski definition) is 2. The van der Waals surface area contributed by atoms with E-state index in [-0.39, 0.29) is 5.41 Å². The molecule has 94 valence electrons. The van der Waals surface area contributed by atoms with Crippen LogP contribution in [0.5, 0.6) is 0 Å². The van der Waals surface area contributed by atoms with Crippen molar-refractivity contribution in [1.82, 2.24) is 4.98 Å². The van der Waals surface area contributed by atoms with E-state index >= 15 is 0 Å². The summed E-state index contributed by atoms with van der Waals surface area (Å²) in [7, 11) is 0. The van der Waals surface area contributed by atoms with E-state index in [4.69, 9.17) is 0 Å². The fourth-order valence-corrected chi connectivity index (χ4v) is 2.65. The van der Waals surface area contributed by atoms with Gasteiger partial charge in [-0.2, -0.15) is 0 Å². The summed E-state index contributed by atoms with van der Waals surface area (Å²) >= 11 is 0. The van der Waals surface area contributed by atoms with Crippen LogP contribution in [-0.2, 0) is 0 Å². The zero-order valence-electron chi connectivity index (χ0n) is 10.6. The number of anilines is 1. The first kappa shape index (κ1) is 12.4. The molecular weight excluding hydrogens is 212 g/mol. The van der Waals surface area contributed by atoms with Crippen LogP contribution in [-0.4, -0.2) is 23.2 Å². The van der Waals surface area contributed by atoms with Crippen molar-refractivity contribution in [3.8, 4) is 0 Å². The molecule has 1 heterocycles. The predicted octanol–water partition coefficient (Wildman–Crippen LogP) is 2.74. The number of aryl methyl sites for hydroxylation is 1. The molecule has 1 aromatic rings. The van der Waals surface area contributed by atoms with Crippen molar-refractivity contribution in [1.29, 1.82) is 0 Å². The summed E-state index contributed by atoms with van der Waals surface area (Å²) in [6, 6.07) is 4.00. The Balaban J connectivity index is 1.98. The summed E-state index contributed by atoms with van der Waals surface area (Å²) in [4.78, 5) is 4.27. The van der Waals surface area contributed by atoms with Crippen LogP contribution in [0, 0.1) is 12.3 Å². The molecular formula is C14H22N2O. The molecule has 1 aliphatic carbocycles. The summed E-state index contributed by atoms with van der Waals surface area (Å²) in [6.07, 6.45) is 7.88. The summed E-state index contributed by atoms with van der Waals surface area (Å²) in [5, 5.41) is 13.1. The molecule has 0 aliphatic heterocycles. The molecule has 1 saturated carbocycles. The van der Waals surface area contributed by atoms with Crippen molar-refractivity contribution in [2.45, 2.75) is 39.0 Å². The van der Waals surface area contributed by atoms with Crippen molar-refractivity contribution >= 4 is 5.69 Å². The van der Waals surface area contributed by atoms with Gasteiger partial charge in [-0.1, -0.05) is 19.3 Å². The van der Waals surface area contributed by atoms with Crippen LogP contribution in [0.15, 0.2) is 18.3 Å². The van der Waals surface area contributed by atoms with Gasteiger partial charge in [-0.25, -0.2) is 0 Å². The Morgan fingerprint density at radius 2 is 2.12 bits per heavy atom. The van der Waals surface area contributed by atoms with Crippen LogP contribution >= 0.6 is 0 Å². The molecule has 0 aromatic carbocycles. The fraction of sp³-hybridized carbons (Fsp3) is 0.643. The minimum Gasteiger partial charge on any atom is -0.396 e. The van der Waals surface area contributed by atoms with Crippen molar-refractivity contribution in [2.24, 2.45) is 5.41 Å². The van der Waals surface area contributed by atoms with Crippen LogP contribution in [0.3, 0.4) is 0 Å². The summed E-state index contributed by atoms with van der Waals surface area (Å²) in [5.74, 6) is 0. The Hall–Kier alpha value is -1.09. The summed E-state index contributed by atoms with van der Waals surface area (Å²) in [6.45, 7) is 3.16. The van der Waals surface area contributed by atoms with Gasteiger partial charge in [-0.3, -0.25) is 4.98 Å². The highest BCUT2D eigenvalue weighted by atomic mass is 16.3. The van der Waals surface area contributed by atoms with Crippen LogP contribution < -0.4 is 5.32 Å². The molecule has 0 atom stereocenters. The van der Waals surface area contributed by atoms with Gasteiger partial charge in [0.05, 0.1) is 18.0 Å². The van der Waals surface area contributed by atoms with Crippen LogP contribution in [0.4, 0.5) is 5.69 Å². The lowest BCUT2D eigenvalue weighted by molar-refractivity contribution is 0.0944. The smallest absolute Gasteiger partial charge is 0.0603 e. The van der Waals surface area contributed by atoms with Crippen LogP contribution in [0.2, 0.25) is 0 Å². The van der Waals surface area contributed by atoms with Crippen LogP contribution in [0.25, 0.3) is 0 Å². The molecule has 1 aliphatic rings. The molecule has 2 rings (SSSR count). The lowest BCUT2D eigenvalue weighted by atomic mass is 9.74. The number of aromatic nitrogens is 1. The van der Waals surface area contributed by atoms with E-state index in [2.05, 4.69) is 16.4 Å². The molecule has 2 N–H and O–H groups in total. The fourth-order valence-electron chi connectivity index (χ4n) is 2.65. The molecule has 1 aromatic heterocycles. The maximum absolute atomic E-state index is 9.63. The first-order valence-electron chi connectivity index (χ1n) is 6.52. The van der Waals surface area contributed by atoms with Crippen molar-refractivity contribution in [3.05, 3.63) is 24.0 Å². The lowest BCUT2D eigenvalue weighted by Gasteiger charge is -2.36. The SMILES string of the molecule is Cc1ncccc1NCC1(CO)CCCCC1. The number of hydrogen-bond acceptors (Lipinski definition) is 3. The van der Waals surface area contributed by atoms with Gasteiger partial charge in [0.1, 0.15) is 0 Å². The largest absolute Gasteiger partial charge is 0.396 e. The quantitative estimate of drug-likeness (QED) is 0.842. The number of pyridine rings is 1. The monoisotopic (exact) mass is 234 g/mol.